The van der Waals surface area contributed by atoms with Crippen LogP contribution in [0.4, 0.5) is 5.69 Å². The van der Waals surface area contributed by atoms with Gasteiger partial charge in [0, 0.05) is 17.3 Å². The standard InChI is InChI=1S/C25H32ClN3O2/c1-16(2)29-22-11-17(3)19(12-20(22)18(4)13-25(29,5)6)14-27-28-24(30)15-31-23-10-8-7-9-21(23)26/h7-12,14,16,18H,13,15H2,1-6H3,(H,28,30)/b27-14-. The summed E-state index contributed by atoms with van der Waals surface area (Å²) in [6.45, 7) is 13.3. The van der Waals surface area contributed by atoms with Crippen molar-refractivity contribution in [2.45, 2.75) is 65.5 Å². The van der Waals surface area contributed by atoms with Gasteiger partial charge in [0.15, 0.2) is 6.61 Å². The summed E-state index contributed by atoms with van der Waals surface area (Å²) in [4.78, 5) is 14.6. The molecule has 1 amide bonds. The topological polar surface area (TPSA) is 53.9 Å². The van der Waals surface area contributed by atoms with Crippen molar-refractivity contribution in [3.8, 4) is 5.75 Å². The Morgan fingerprint density at radius 2 is 2.06 bits per heavy atom. The number of halogens is 1. The largest absolute Gasteiger partial charge is 0.482 e. The number of anilines is 1. The first-order valence-electron chi connectivity index (χ1n) is 10.7. The second kappa shape index (κ2) is 9.31. The van der Waals surface area contributed by atoms with Gasteiger partial charge >= 0.3 is 0 Å². The number of carbonyl (C=O) groups is 1. The van der Waals surface area contributed by atoms with E-state index in [9.17, 15) is 4.79 Å². The average Bonchev–Trinajstić information content (AvgIpc) is 2.67. The van der Waals surface area contributed by atoms with Gasteiger partial charge in [0.1, 0.15) is 5.75 Å². The van der Waals surface area contributed by atoms with Gasteiger partial charge in [-0.3, -0.25) is 4.79 Å². The minimum absolute atomic E-state index is 0.109. The smallest absolute Gasteiger partial charge is 0.277 e. The Hall–Kier alpha value is -2.53. The van der Waals surface area contributed by atoms with E-state index in [2.05, 4.69) is 69.1 Å². The third-order valence-corrected chi connectivity index (χ3v) is 6.08. The zero-order valence-corrected chi connectivity index (χ0v) is 20.0. The van der Waals surface area contributed by atoms with Gasteiger partial charge in [0.05, 0.1) is 11.2 Å². The summed E-state index contributed by atoms with van der Waals surface area (Å²) >= 11 is 6.04. The van der Waals surface area contributed by atoms with Gasteiger partial charge in [-0.25, -0.2) is 5.43 Å². The molecule has 5 nitrogen and oxygen atoms in total. The van der Waals surface area contributed by atoms with E-state index in [1.807, 2.05) is 6.07 Å². The minimum atomic E-state index is -0.340. The molecular weight excluding hydrogens is 410 g/mol. The Balaban J connectivity index is 1.71. The van der Waals surface area contributed by atoms with Crippen molar-refractivity contribution in [2.75, 3.05) is 11.5 Å². The van der Waals surface area contributed by atoms with E-state index < -0.39 is 0 Å². The highest BCUT2D eigenvalue weighted by atomic mass is 35.5. The zero-order valence-electron chi connectivity index (χ0n) is 19.2. The number of hydrogen-bond acceptors (Lipinski definition) is 4. The van der Waals surface area contributed by atoms with Crippen LogP contribution in [0.25, 0.3) is 0 Å². The Morgan fingerprint density at radius 1 is 1.35 bits per heavy atom. The van der Waals surface area contributed by atoms with Crippen LogP contribution in [0.5, 0.6) is 5.75 Å². The van der Waals surface area contributed by atoms with Gasteiger partial charge in [0.25, 0.3) is 5.91 Å². The summed E-state index contributed by atoms with van der Waals surface area (Å²) in [5, 5.41) is 4.61. The van der Waals surface area contributed by atoms with Crippen molar-refractivity contribution < 1.29 is 9.53 Å². The number of ether oxygens (including phenoxy) is 1. The van der Waals surface area contributed by atoms with Crippen LogP contribution >= 0.6 is 11.6 Å². The zero-order chi connectivity index (χ0) is 22.8. The first-order valence-corrected chi connectivity index (χ1v) is 11.1. The van der Waals surface area contributed by atoms with Gasteiger partial charge in [-0.15, -0.1) is 0 Å². The van der Waals surface area contributed by atoms with E-state index >= 15 is 0 Å². The number of aryl methyl sites for hydroxylation is 1. The molecule has 1 aliphatic rings. The van der Waals surface area contributed by atoms with Crippen LogP contribution in [0.15, 0.2) is 41.5 Å². The molecule has 1 aliphatic heterocycles. The van der Waals surface area contributed by atoms with Crippen LogP contribution in [0.1, 0.15) is 63.6 Å². The van der Waals surface area contributed by atoms with Crippen LogP contribution in [0.3, 0.4) is 0 Å². The summed E-state index contributed by atoms with van der Waals surface area (Å²) in [5.41, 5.74) is 7.39. The quantitative estimate of drug-likeness (QED) is 0.463. The first kappa shape index (κ1) is 23.1. The summed E-state index contributed by atoms with van der Waals surface area (Å²) in [6.07, 6.45) is 2.79. The van der Waals surface area contributed by atoms with Crippen LogP contribution in [0, 0.1) is 6.92 Å². The summed E-state index contributed by atoms with van der Waals surface area (Å²) in [7, 11) is 0. The number of para-hydroxylation sites is 1. The predicted molar refractivity (Wildman–Crippen MR) is 129 cm³/mol. The monoisotopic (exact) mass is 441 g/mol. The third-order valence-electron chi connectivity index (χ3n) is 5.77. The lowest BCUT2D eigenvalue weighted by atomic mass is 9.78. The van der Waals surface area contributed by atoms with Crippen LogP contribution in [-0.4, -0.2) is 30.3 Å². The fraction of sp³-hybridized carbons (Fsp3) is 0.440. The maximum atomic E-state index is 12.1. The molecule has 2 aromatic rings. The van der Waals surface area contributed by atoms with Gasteiger partial charge in [-0.2, -0.15) is 5.10 Å². The molecule has 1 N–H and O–H groups in total. The fourth-order valence-electron chi connectivity index (χ4n) is 4.64. The molecule has 6 heteroatoms. The SMILES string of the molecule is Cc1cc2c(cc1/C=N\NC(=O)COc1ccccc1Cl)C(C)CC(C)(C)N2C(C)C. The van der Waals surface area contributed by atoms with E-state index in [1.165, 1.54) is 11.3 Å². The summed E-state index contributed by atoms with van der Waals surface area (Å²) in [5.74, 6) is 0.583. The lowest BCUT2D eigenvalue weighted by molar-refractivity contribution is -0.123. The molecule has 1 heterocycles. The second-order valence-electron chi connectivity index (χ2n) is 9.16. The number of benzene rings is 2. The molecule has 0 spiro atoms. The molecule has 2 aromatic carbocycles. The molecule has 0 saturated carbocycles. The molecule has 1 unspecified atom stereocenters. The van der Waals surface area contributed by atoms with Crippen molar-refractivity contribution >= 4 is 29.4 Å². The average molecular weight is 442 g/mol. The molecule has 1 atom stereocenters. The molecule has 31 heavy (non-hydrogen) atoms. The molecule has 0 fully saturated rings. The molecule has 3 rings (SSSR count). The molecule has 0 aromatic heterocycles. The van der Waals surface area contributed by atoms with Crippen molar-refractivity contribution in [1.29, 1.82) is 0 Å². The van der Waals surface area contributed by atoms with Gasteiger partial charge in [-0.1, -0.05) is 30.7 Å². The van der Waals surface area contributed by atoms with Crippen molar-refractivity contribution in [2.24, 2.45) is 5.10 Å². The normalized spacial score (nSPS) is 17.7. The Labute approximate surface area is 190 Å². The maximum absolute atomic E-state index is 12.1. The van der Waals surface area contributed by atoms with E-state index in [0.717, 1.165) is 17.5 Å². The van der Waals surface area contributed by atoms with E-state index in [0.29, 0.717) is 22.7 Å². The Bertz CT molecular complexity index is 985. The first-order chi connectivity index (χ1) is 14.6. The number of amides is 1. The van der Waals surface area contributed by atoms with Crippen LogP contribution in [0.2, 0.25) is 5.02 Å². The lowest BCUT2D eigenvalue weighted by Crippen LogP contribution is -2.51. The Morgan fingerprint density at radius 3 is 2.74 bits per heavy atom. The molecule has 166 valence electrons. The maximum Gasteiger partial charge on any atom is 0.277 e. The molecule has 0 aliphatic carbocycles. The van der Waals surface area contributed by atoms with E-state index in [1.54, 1.807) is 24.4 Å². The lowest BCUT2D eigenvalue weighted by Gasteiger charge is -2.50. The predicted octanol–water partition coefficient (Wildman–Crippen LogP) is 5.68. The van der Waals surface area contributed by atoms with Crippen molar-refractivity contribution in [1.82, 2.24) is 5.43 Å². The molecule has 0 radical (unpaired) electrons. The fourth-order valence-corrected chi connectivity index (χ4v) is 4.83. The van der Waals surface area contributed by atoms with Gasteiger partial charge in [-0.05, 0) is 87.9 Å². The second-order valence-corrected chi connectivity index (χ2v) is 9.57. The number of hydrogen-bond donors (Lipinski definition) is 1. The van der Waals surface area contributed by atoms with Gasteiger partial charge < -0.3 is 9.64 Å². The minimum Gasteiger partial charge on any atom is -0.482 e. The van der Waals surface area contributed by atoms with E-state index in [-0.39, 0.29) is 18.1 Å². The number of nitrogens with one attached hydrogen (secondary N) is 1. The number of fused-ring (bicyclic) bond motifs is 1. The number of nitrogens with zero attached hydrogens (tertiary/aromatic N) is 2. The highest BCUT2D eigenvalue weighted by Crippen LogP contribution is 2.45. The van der Waals surface area contributed by atoms with Crippen molar-refractivity contribution in [3.05, 3.63) is 58.1 Å². The highest BCUT2D eigenvalue weighted by Gasteiger charge is 2.37. The molecule has 0 bridgehead atoms. The molecular formula is C25H32ClN3O2. The van der Waals surface area contributed by atoms with Gasteiger partial charge in [0.2, 0.25) is 0 Å². The number of rotatable bonds is 6. The summed E-state index contributed by atoms with van der Waals surface area (Å²) < 4.78 is 5.44. The number of carbonyl (C=O) groups excluding carboxylic acids is 1. The van der Waals surface area contributed by atoms with Crippen molar-refractivity contribution in [3.63, 3.8) is 0 Å². The number of hydrazone groups is 1. The molecule has 0 saturated heterocycles. The van der Waals surface area contributed by atoms with Crippen LogP contribution < -0.4 is 15.1 Å². The third kappa shape index (κ3) is 5.21. The van der Waals surface area contributed by atoms with Crippen LogP contribution in [-0.2, 0) is 4.79 Å². The Kier molecular flexibility index (Phi) is 6.95. The highest BCUT2D eigenvalue weighted by molar-refractivity contribution is 6.32. The van der Waals surface area contributed by atoms with E-state index in [4.69, 9.17) is 16.3 Å². The summed E-state index contributed by atoms with van der Waals surface area (Å²) in [6, 6.07) is 11.9.